The molecule has 0 bridgehead atoms. The van der Waals surface area contributed by atoms with Crippen molar-refractivity contribution in [1.29, 1.82) is 0 Å². The van der Waals surface area contributed by atoms with Gasteiger partial charge in [-0.3, -0.25) is 4.79 Å². The molecule has 0 aliphatic rings. The first-order valence-electron chi connectivity index (χ1n) is 5.63. The maximum atomic E-state index is 11.5. The summed E-state index contributed by atoms with van der Waals surface area (Å²) in [5, 5.41) is 8.95. The average molecular weight is 289 g/mol. The van der Waals surface area contributed by atoms with Gasteiger partial charge in [-0.15, -0.1) is 10.2 Å². The van der Waals surface area contributed by atoms with Gasteiger partial charge >= 0.3 is 5.97 Å². The Hall–Kier alpha value is -0.820. The van der Waals surface area contributed by atoms with Gasteiger partial charge in [0.1, 0.15) is 5.60 Å². The molecule has 0 saturated carbocycles. The molecule has 0 unspecified atom stereocenters. The lowest BCUT2D eigenvalue weighted by Gasteiger charge is -2.19. The lowest BCUT2D eigenvalue weighted by atomic mass is 10.2. The monoisotopic (exact) mass is 289 g/mol. The van der Waals surface area contributed by atoms with Crippen LogP contribution < -0.4 is 4.90 Å². The van der Waals surface area contributed by atoms with Crippen molar-refractivity contribution in [2.75, 3.05) is 24.7 Å². The van der Waals surface area contributed by atoms with Crippen molar-refractivity contribution in [2.24, 2.45) is 0 Å². The van der Waals surface area contributed by atoms with Crippen LogP contribution in [0.15, 0.2) is 4.34 Å². The highest BCUT2D eigenvalue weighted by molar-refractivity contribution is 8.01. The number of thioether (sulfide) groups is 1. The van der Waals surface area contributed by atoms with Crippen molar-refractivity contribution in [3.63, 3.8) is 0 Å². The lowest BCUT2D eigenvalue weighted by Crippen LogP contribution is -2.23. The van der Waals surface area contributed by atoms with Crippen molar-refractivity contribution in [3.05, 3.63) is 0 Å². The van der Waals surface area contributed by atoms with E-state index in [4.69, 9.17) is 4.74 Å². The highest BCUT2D eigenvalue weighted by atomic mass is 32.2. The molecule has 1 rings (SSSR count). The molecule has 1 heterocycles. The molecule has 0 spiro atoms. The zero-order valence-electron chi connectivity index (χ0n) is 11.4. The summed E-state index contributed by atoms with van der Waals surface area (Å²) in [5.41, 5.74) is -0.414. The molecule has 0 N–H and O–H groups in total. The zero-order chi connectivity index (χ0) is 13.8. The molecule has 7 heteroatoms. The number of ether oxygens (including phenoxy) is 1. The number of hydrogen-bond donors (Lipinski definition) is 0. The molecular weight excluding hydrogens is 270 g/mol. The van der Waals surface area contributed by atoms with Gasteiger partial charge in [0.05, 0.1) is 6.42 Å². The minimum atomic E-state index is -0.414. The molecule has 0 amide bonds. The summed E-state index contributed by atoms with van der Waals surface area (Å²) in [4.78, 5) is 13.4. The molecule has 0 aromatic carbocycles. The van der Waals surface area contributed by atoms with E-state index < -0.39 is 5.60 Å². The third kappa shape index (κ3) is 5.68. The Morgan fingerprint density at radius 3 is 2.56 bits per heavy atom. The van der Waals surface area contributed by atoms with E-state index >= 15 is 0 Å². The predicted molar refractivity (Wildman–Crippen MR) is 75.4 cm³/mol. The Labute approximate surface area is 116 Å². The van der Waals surface area contributed by atoms with E-state index in [1.807, 2.05) is 39.8 Å². The van der Waals surface area contributed by atoms with Crippen LogP contribution in [0, 0.1) is 0 Å². The number of carbonyl (C=O) groups is 1. The molecule has 102 valence electrons. The first-order chi connectivity index (χ1) is 8.28. The van der Waals surface area contributed by atoms with Gasteiger partial charge in [0.2, 0.25) is 5.13 Å². The number of anilines is 1. The first kappa shape index (κ1) is 15.2. The fraction of sp³-hybridized carbons (Fsp3) is 0.727. The molecule has 0 radical (unpaired) electrons. The Kier molecular flexibility index (Phi) is 5.40. The van der Waals surface area contributed by atoms with Crippen molar-refractivity contribution in [1.82, 2.24) is 10.2 Å². The molecule has 0 aliphatic carbocycles. The Balaban J connectivity index is 2.31. The Bertz CT molecular complexity index is 399. The van der Waals surface area contributed by atoms with Gasteiger partial charge in [0.25, 0.3) is 0 Å². The van der Waals surface area contributed by atoms with Crippen LogP contribution in [0.3, 0.4) is 0 Å². The second-order valence-electron chi connectivity index (χ2n) is 4.93. The largest absolute Gasteiger partial charge is 0.460 e. The summed E-state index contributed by atoms with van der Waals surface area (Å²) in [6.45, 7) is 5.60. The number of esters is 1. The van der Waals surface area contributed by atoms with Crippen LogP contribution in [0.2, 0.25) is 0 Å². The number of carbonyl (C=O) groups excluding carboxylic acids is 1. The molecular formula is C11H19N3O2S2. The molecule has 0 fully saturated rings. The van der Waals surface area contributed by atoms with E-state index in [0.29, 0.717) is 12.2 Å². The molecule has 0 atom stereocenters. The molecule has 1 aromatic heterocycles. The van der Waals surface area contributed by atoms with Crippen molar-refractivity contribution in [2.45, 2.75) is 37.1 Å². The fourth-order valence-corrected chi connectivity index (χ4v) is 2.81. The van der Waals surface area contributed by atoms with Crippen molar-refractivity contribution in [3.8, 4) is 0 Å². The Morgan fingerprint density at radius 2 is 2.06 bits per heavy atom. The summed E-state index contributed by atoms with van der Waals surface area (Å²) >= 11 is 3.05. The van der Waals surface area contributed by atoms with Crippen LogP contribution >= 0.6 is 23.1 Å². The molecule has 0 saturated heterocycles. The summed E-state index contributed by atoms with van der Waals surface area (Å²) in [6, 6.07) is 0. The van der Waals surface area contributed by atoms with E-state index in [2.05, 4.69) is 10.2 Å². The smallest absolute Gasteiger partial charge is 0.307 e. The quantitative estimate of drug-likeness (QED) is 0.613. The number of rotatable bonds is 5. The van der Waals surface area contributed by atoms with Crippen molar-refractivity contribution < 1.29 is 9.53 Å². The minimum Gasteiger partial charge on any atom is -0.460 e. The van der Waals surface area contributed by atoms with Gasteiger partial charge in [-0.1, -0.05) is 23.1 Å². The number of nitrogens with zero attached hydrogens (tertiary/aromatic N) is 3. The second-order valence-corrected chi connectivity index (χ2v) is 7.23. The van der Waals surface area contributed by atoms with E-state index in [1.165, 1.54) is 23.1 Å². The topological polar surface area (TPSA) is 55.3 Å². The van der Waals surface area contributed by atoms with E-state index in [9.17, 15) is 4.79 Å². The molecule has 5 nitrogen and oxygen atoms in total. The third-order valence-electron chi connectivity index (χ3n) is 1.73. The second kappa shape index (κ2) is 6.38. The summed E-state index contributed by atoms with van der Waals surface area (Å²) in [7, 11) is 3.85. The van der Waals surface area contributed by atoms with E-state index in [1.54, 1.807) is 0 Å². The molecule has 1 aromatic rings. The number of hydrogen-bond acceptors (Lipinski definition) is 7. The zero-order valence-corrected chi connectivity index (χ0v) is 13.0. The maximum absolute atomic E-state index is 11.5. The normalized spacial score (nSPS) is 11.4. The van der Waals surface area contributed by atoms with Crippen LogP contribution in [0.4, 0.5) is 5.13 Å². The van der Waals surface area contributed by atoms with Gasteiger partial charge in [0, 0.05) is 19.8 Å². The van der Waals surface area contributed by atoms with E-state index in [0.717, 1.165) is 9.47 Å². The van der Waals surface area contributed by atoms with Gasteiger partial charge in [0.15, 0.2) is 4.34 Å². The maximum Gasteiger partial charge on any atom is 0.307 e. The highest BCUT2D eigenvalue weighted by Crippen LogP contribution is 2.27. The summed E-state index contributed by atoms with van der Waals surface area (Å²) in [6.07, 6.45) is 0.388. The van der Waals surface area contributed by atoms with Gasteiger partial charge in [-0.2, -0.15) is 0 Å². The van der Waals surface area contributed by atoms with Crippen LogP contribution in [0.25, 0.3) is 0 Å². The predicted octanol–water partition coefficient (Wildman–Crippen LogP) is 2.43. The lowest BCUT2D eigenvalue weighted by molar-refractivity contribution is -0.154. The van der Waals surface area contributed by atoms with Crippen LogP contribution in [-0.4, -0.2) is 41.6 Å². The summed E-state index contributed by atoms with van der Waals surface area (Å²) in [5.74, 6) is 0.490. The minimum absolute atomic E-state index is 0.174. The average Bonchev–Trinajstić information content (AvgIpc) is 2.63. The van der Waals surface area contributed by atoms with E-state index in [-0.39, 0.29) is 5.97 Å². The van der Waals surface area contributed by atoms with Gasteiger partial charge in [-0.05, 0) is 20.8 Å². The standard InChI is InChI=1S/C11H19N3O2S2/c1-11(2,3)16-8(15)6-7-17-10-13-12-9(18-10)14(4)5/h6-7H2,1-5H3. The summed E-state index contributed by atoms with van der Waals surface area (Å²) < 4.78 is 6.10. The fourth-order valence-electron chi connectivity index (χ4n) is 1.06. The van der Waals surface area contributed by atoms with Crippen LogP contribution in [0.5, 0.6) is 0 Å². The SMILES string of the molecule is CN(C)c1nnc(SCCC(=O)OC(C)(C)C)s1. The van der Waals surface area contributed by atoms with Gasteiger partial charge in [-0.25, -0.2) is 0 Å². The Morgan fingerprint density at radius 1 is 1.39 bits per heavy atom. The third-order valence-corrected chi connectivity index (χ3v) is 3.96. The molecule has 18 heavy (non-hydrogen) atoms. The molecule has 0 aliphatic heterocycles. The van der Waals surface area contributed by atoms with Crippen LogP contribution in [0.1, 0.15) is 27.2 Å². The first-order valence-corrected chi connectivity index (χ1v) is 7.43. The van der Waals surface area contributed by atoms with Crippen LogP contribution in [-0.2, 0) is 9.53 Å². The number of aromatic nitrogens is 2. The van der Waals surface area contributed by atoms with Crippen molar-refractivity contribution >= 4 is 34.2 Å². The van der Waals surface area contributed by atoms with Gasteiger partial charge < -0.3 is 9.64 Å². The highest BCUT2D eigenvalue weighted by Gasteiger charge is 2.16.